The van der Waals surface area contributed by atoms with Crippen LogP contribution in [0.1, 0.15) is 28.2 Å². The minimum absolute atomic E-state index is 0.0623. The predicted molar refractivity (Wildman–Crippen MR) is 146 cm³/mol. The summed E-state index contributed by atoms with van der Waals surface area (Å²) < 4.78 is 6.80. The van der Waals surface area contributed by atoms with Crippen LogP contribution < -0.4 is 5.46 Å². The van der Waals surface area contributed by atoms with Crippen LogP contribution in [-0.2, 0) is 11.3 Å². The van der Waals surface area contributed by atoms with Crippen molar-refractivity contribution in [3.8, 4) is 11.1 Å². The first kappa shape index (κ1) is 24.3. The van der Waals surface area contributed by atoms with Crippen molar-refractivity contribution in [1.82, 2.24) is 9.80 Å². The van der Waals surface area contributed by atoms with Crippen LogP contribution in [0.25, 0.3) is 11.1 Å². The molecule has 2 N–H and O–H groups in total. The minimum Gasteiger partial charge on any atom is -0.448 e. The Kier molecular flexibility index (Phi) is 7.15. The van der Waals surface area contributed by atoms with Crippen molar-refractivity contribution in [2.24, 2.45) is 0 Å². The van der Waals surface area contributed by atoms with Gasteiger partial charge in [-0.15, -0.1) is 0 Å². The Morgan fingerprint density at radius 1 is 1.00 bits per heavy atom. The van der Waals surface area contributed by atoms with Gasteiger partial charge >= 0.3 is 13.2 Å². The average molecular weight is 582 g/mol. The molecule has 6 nitrogen and oxygen atoms in total. The van der Waals surface area contributed by atoms with E-state index in [0.717, 1.165) is 27.8 Å². The molecule has 0 radical (unpaired) electrons. The van der Waals surface area contributed by atoms with Gasteiger partial charge in [-0.3, -0.25) is 4.90 Å². The van der Waals surface area contributed by atoms with Crippen molar-refractivity contribution >= 4 is 41.3 Å². The van der Waals surface area contributed by atoms with E-state index in [0.29, 0.717) is 31.7 Å². The van der Waals surface area contributed by atoms with E-state index in [-0.39, 0.29) is 12.0 Å². The molecule has 1 amide bonds. The summed E-state index contributed by atoms with van der Waals surface area (Å²) in [4.78, 5) is 17.0. The summed E-state index contributed by atoms with van der Waals surface area (Å²) in [7, 11) is -1.48. The zero-order valence-corrected chi connectivity index (χ0v) is 21.8. The highest BCUT2D eigenvalue weighted by Crippen LogP contribution is 2.44. The number of rotatable bonds is 5. The van der Waals surface area contributed by atoms with Crippen LogP contribution in [0.3, 0.4) is 0 Å². The fourth-order valence-electron chi connectivity index (χ4n) is 5.21. The number of hydrogen-bond donors (Lipinski definition) is 2. The summed E-state index contributed by atoms with van der Waals surface area (Å²) in [5.41, 5.74) is 7.40. The molecule has 0 atom stereocenters. The van der Waals surface area contributed by atoms with E-state index < -0.39 is 7.12 Å². The molecule has 1 aliphatic carbocycles. The van der Waals surface area contributed by atoms with E-state index in [1.165, 1.54) is 22.3 Å². The second kappa shape index (κ2) is 10.3. The molecule has 0 saturated carbocycles. The van der Waals surface area contributed by atoms with Crippen molar-refractivity contribution in [3.63, 3.8) is 0 Å². The number of amides is 1. The van der Waals surface area contributed by atoms with Gasteiger partial charge in [0.1, 0.15) is 6.61 Å². The largest absolute Gasteiger partial charge is 0.488 e. The molecule has 35 heavy (non-hydrogen) atoms. The van der Waals surface area contributed by atoms with Crippen LogP contribution in [0.4, 0.5) is 4.79 Å². The maximum Gasteiger partial charge on any atom is 0.488 e. The van der Waals surface area contributed by atoms with Crippen LogP contribution in [0.2, 0.25) is 0 Å². The lowest BCUT2D eigenvalue weighted by atomic mass is 9.76. The van der Waals surface area contributed by atoms with E-state index in [1.54, 1.807) is 11.0 Å². The summed E-state index contributed by atoms with van der Waals surface area (Å²) in [6.45, 7) is 5.66. The first-order valence-corrected chi connectivity index (χ1v) is 13.0. The van der Waals surface area contributed by atoms with Gasteiger partial charge in [0.2, 0.25) is 0 Å². The summed E-state index contributed by atoms with van der Waals surface area (Å²) in [6.07, 6.45) is -0.261. The number of benzene rings is 3. The van der Waals surface area contributed by atoms with E-state index in [9.17, 15) is 14.8 Å². The third-order valence-corrected chi connectivity index (χ3v) is 7.78. The van der Waals surface area contributed by atoms with E-state index in [2.05, 4.69) is 57.8 Å². The van der Waals surface area contributed by atoms with Crippen molar-refractivity contribution in [2.75, 3.05) is 32.8 Å². The zero-order chi connectivity index (χ0) is 24.5. The van der Waals surface area contributed by atoms with Gasteiger partial charge in [-0.25, -0.2) is 4.79 Å². The van der Waals surface area contributed by atoms with Crippen molar-refractivity contribution in [1.29, 1.82) is 0 Å². The molecule has 8 heteroatoms. The van der Waals surface area contributed by atoms with Crippen molar-refractivity contribution in [2.45, 2.75) is 19.4 Å². The van der Waals surface area contributed by atoms with Crippen LogP contribution in [0.5, 0.6) is 0 Å². The Hall–Kier alpha value is -2.40. The van der Waals surface area contributed by atoms with E-state index in [4.69, 9.17) is 4.74 Å². The number of fused-ring (bicyclic) bond motifs is 3. The number of carbonyl (C=O) groups is 1. The maximum atomic E-state index is 12.9. The Labute approximate surface area is 219 Å². The smallest absolute Gasteiger partial charge is 0.448 e. The van der Waals surface area contributed by atoms with Gasteiger partial charge < -0.3 is 19.7 Å². The maximum absolute atomic E-state index is 12.9. The lowest BCUT2D eigenvalue weighted by Gasteiger charge is -2.34. The third-order valence-electron chi connectivity index (χ3n) is 7.16. The molecular formula is C27H28BIN2O4. The monoisotopic (exact) mass is 582 g/mol. The molecule has 1 fully saturated rings. The lowest BCUT2D eigenvalue weighted by Crippen LogP contribution is -2.48. The highest BCUT2D eigenvalue weighted by Gasteiger charge is 2.30. The minimum atomic E-state index is -1.48. The van der Waals surface area contributed by atoms with Gasteiger partial charge in [0, 0.05) is 42.2 Å². The SMILES string of the molecule is Cc1c(CN2CCN(C(=O)OCC3c4ccccc4-c4ccccc43)CC2)cc(I)cc1B(O)O. The van der Waals surface area contributed by atoms with Gasteiger partial charge in [0.05, 0.1) is 0 Å². The molecule has 3 aromatic carbocycles. The summed E-state index contributed by atoms with van der Waals surface area (Å²) in [5.74, 6) is 0.0623. The van der Waals surface area contributed by atoms with Gasteiger partial charge in [0.15, 0.2) is 0 Å². The fraction of sp³-hybridized carbons (Fsp3) is 0.296. The highest BCUT2D eigenvalue weighted by atomic mass is 127. The quantitative estimate of drug-likeness (QED) is 0.357. The van der Waals surface area contributed by atoms with Crippen molar-refractivity contribution < 1.29 is 19.6 Å². The molecule has 1 saturated heterocycles. The summed E-state index contributed by atoms with van der Waals surface area (Å²) in [5, 5.41) is 19.3. The topological polar surface area (TPSA) is 73.2 Å². The highest BCUT2D eigenvalue weighted by molar-refractivity contribution is 14.1. The second-order valence-electron chi connectivity index (χ2n) is 9.22. The van der Waals surface area contributed by atoms with Gasteiger partial charge in [0.25, 0.3) is 0 Å². The molecule has 0 unspecified atom stereocenters. The number of nitrogens with zero attached hydrogens (tertiary/aromatic N) is 2. The van der Waals surface area contributed by atoms with Crippen LogP contribution in [0.15, 0.2) is 60.7 Å². The molecule has 2 aliphatic rings. The number of halogens is 1. The molecule has 0 bridgehead atoms. The molecule has 3 aromatic rings. The molecule has 1 heterocycles. The Morgan fingerprint density at radius 3 is 2.20 bits per heavy atom. The van der Waals surface area contributed by atoms with E-state index >= 15 is 0 Å². The zero-order valence-electron chi connectivity index (χ0n) is 19.7. The normalized spacial score (nSPS) is 15.6. The molecule has 0 aromatic heterocycles. The van der Waals surface area contributed by atoms with Crippen LogP contribution >= 0.6 is 22.6 Å². The summed E-state index contributed by atoms with van der Waals surface area (Å²) >= 11 is 2.20. The third kappa shape index (κ3) is 4.98. The predicted octanol–water partition coefficient (Wildman–Crippen LogP) is 3.35. The Morgan fingerprint density at radius 2 is 1.60 bits per heavy atom. The van der Waals surface area contributed by atoms with Gasteiger partial charge in [-0.1, -0.05) is 48.5 Å². The Bertz CT molecular complexity index is 1200. The first-order chi connectivity index (χ1) is 16.9. The number of carbonyl (C=O) groups excluding carboxylic acids is 1. The number of ether oxygens (including phenoxy) is 1. The van der Waals surface area contributed by atoms with Crippen LogP contribution in [-0.4, -0.2) is 65.8 Å². The molecular weight excluding hydrogens is 554 g/mol. The summed E-state index contributed by atoms with van der Waals surface area (Å²) in [6, 6.07) is 20.6. The Balaban J connectivity index is 1.18. The second-order valence-corrected chi connectivity index (χ2v) is 10.5. The number of hydrogen-bond acceptors (Lipinski definition) is 5. The van der Waals surface area contributed by atoms with Gasteiger partial charge in [-0.2, -0.15) is 0 Å². The molecule has 1 aliphatic heterocycles. The van der Waals surface area contributed by atoms with Crippen molar-refractivity contribution in [3.05, 3.63) is 86.5 Å². The molecule has 5 rings (SSSR count). The molecule has 0 spiro atoms. The lowest BCUT2D eigenvalue weighted by molar-refractivity contribution is 0.0728. The average Bonchev–Trinajstić information content (AvgIpc) is 3.18. The van der Waals surface area contributed by atoms with Crippen LogP contribution in [0, 0.1) is 10.5 Å². The van der Waals surface area contributed by atoms with E-state index in [1.807, 2.05) is 31.2 Å². The fourth-order valence-corrected chi connectivity index (χ4v) is 5.92. The molecule has 180 valence electrons. The number of piperazine rings is 1. The first-order valence-electron chi connectivity index (χ1n) is 11.9. The van der Waals surface area contributed by atoms with Gasteiger partial charge in [-0.05, 0) is 80.5 Å². The standard InChI is InChI=1S/C27H28BIN2O4/c1-18-19(14-20(29)15-26(18)28(33)34)16-30-10-12-31(13-11-30)27(32)35-17-25-23-8-4-2-6-21(23)22-7-3-5-9-24(22)25/h2-9,14-15,25,33-34H,10-13,16-17H2,1H3.